The Morgan fingerprint density at radius 2 is 2.44 bits per heavy atom. The first-order chi connectivity index (χ1) is 4.31. The molecule has 0 spiro atoms. The molecule has 3 nitrogen and oxygen atoms in total. The molecule has 0 atom stereocenters. The molecular weight excluding hydrogens is 138 g/mol. The van der Waals surface area contributed by atoms with E-state index in [0.29, 0.717) is 17.6 Å². The zero-order chi connectivity index (χ0) is 7.11. The molecule has 0 unspecified atom stereocenters. The number of aliphatic hydroxyl groups is 1. The number of hydrogen-bond donors (Lipinski definition) is 2. The van der Waals surface area contributed by atoms with Gasteiger partial charge in [0.1, 0.15) is 0 Å². The monoisotopic (exact) mass is 150 g/mol. The fourth-order valence-electron chi connectivity index (χ4n) is 0.330. The smallest absolute Gasteiger partial charge is 0.397 e. The molecule has 9 heavy (non-hydrogen) atoms. The average molecular weight is 150 g/mol. The Morgan fingerprint density at radius 1 is 1.78 bits per heavy atom. The van der Waals surface area contributed by atoms with Crippen molar-refractivity contribution in [2.75, 3.05) is 19.0 Å². The molecule has 0 rings (SSSR count). The molecule has 0 bridgehead atoms. The SMILES string of the molecule is CCOC(=[NH2+])SCCO. The van der Waals surface area contributed by atoms with Crippen LogP contribution in [0.5, 0.6) is 0 Å². The molecule has 0 saturated carbocycles. The molecule has 0 aliphatic heterocycles. The van der Waals surface area contributed by atoms with Crippen molar-refractivity contribution in [1.82, 2.24) is 0 Å². The summed E-state index contributed by atoms with van der Waals surface area (Å²) < 4.78 is 4.89. The van der Waals surface area contributed by atoms with E-state index in [1.807, 2.05) is 6.92 Å². The van der Waals surface area contributed by atoms with Gasteiger partial charge >= 0.3 is 5.23 Å². The highest BCUT2D eigenvalue weighted by Gasteiger charge is 2.00. The number of hydrogen-bond acceptors (Lipinski definition) is 3. The molecule has 0 aromatic rings. The molecular formula is C5H12NO2S+. The molecule has 4 heteroatoms. The number of thioether (sulfide) groups is 1. The van der Waals surface area contributed by atoms with Crippen LogP contribution in [0.25, 0.3) is 0 Å². The minimum atomic E-state index is 0.137. The summed E-state index contributed by atoms with van der Waals surface area (Å²) in [7, 11) is 0. The van der Waals surface area contributed by atoms with Gasteiger partial charge in [0.25, 0.3) is 0 Å². The molecule has 0 radical (unpaired) electrons. The topological polar surface area (TPSA) is 55.0 Å². The van der Waals surface area contributed by atoms with E-state index in [2.05, 4.69) is 0 Å². The summed E-state index contributed by atoms with van der Waals surface area (Å²) in [5.74, 6) is 0.603. The van der Waals surface area contributed by atoms with E-state index in [4.69, 9.17) is 15.3 Å². The summed E-state index contributed by atoms with van der Waals surface area (Å²) in [6.45, 7) is 2.59. The molecule has 0 aromatic carbocycles. The van der Waals surface area contributed by atoms with Crippen LogP contribution in [0.15, 0.2) is 0 Å². The van der Waals surface area contributed by atoms with E-state index < -0.39 is 0 Å². The predicted molar refractivity (Wildman–Crippen MR) is 38.1 cm³/mol. The van der Waals surface area contributed by atoms with E-state index in [-0.39, 0.29) is 6.61 Å². The first-order valence-electron chi connectivity index (χ1n) is 2.80. The van der Waals surface area contributed by atoms with Crippen molar-refractivity contribution in [2.24, 2.45) is 0 Å². The normalized spacial score (nSPS) is 9.11. The van der Waals surface area contributed by atoms with Crippen molar-refractivity contribution in [1.29, 1.82) is 0 Å². The largest absolute Gasteiger partial charge is 0.440 e. The van der Waals surface area contributed by atoms with Gasteiger partial charge in [0, 0.05) is 5.75 Å². The third-order valence-corrected chi connectivity index (χ3v) is 1.41. The lowest BCUT2D eigenvalue weighted by atomic mass is 10.9. The minimum Gasteiger partial charge on any atom is -0.440 e. The van der Waals surface area contributed by atoms with Crippen LogP contribution in [0.1, 0.15) is 6.92 Å². The zero-order valence-corrected chi connectivity index (χ0v) is 6.28. The van der Waals surface area contributed by atoms with E-state index >= 15 is 0 Å². The maximum absolute atomic E-state index is 8.34. The highest BCUT2D eigenvalue weighted by Crippen LogP contribution is 1.98. The Balaban J connectivity index is 3.06. The molecule has 3 N–H and O–H groups in total. The Morgan fingerprint density at radius 3 is 2.89 bits per heavy atom. The van der Waals surface area contributed by atoms with E-state index in [9.17, 15) is 0 Å². The minimum absolute atomic E-state index is 0.137. The van der Waals surface area contributed by atoms with Crippen LogP contribution in [0.2, 0.25) is 0 Å². The summed E-state index contributed by atoms with van der Waals surface area (Å²) in [4.78, 5) is 0. The van der Waals surface area contributed by atoms with Crippen LogP contribution in [0.4, 0.5) is 0 Å². The van der Waals surface area contributed by atoms with Gasteiger partial charge in [-0.1, -0.05) is 0 Å². The molecule has 0 amide bonds. The molecule has 0 heterocycles. The van der Waals surface area contributed by atoms with Gasteiger partial charge < -0.3 is 9.84 Å². The maximum atomic E-state index is 8.34. The van der Waals surface area contributed by atoms with Crippen molar-refractivity contribution in [3.63, 3.8) is 0 Å². The highest BCUT2D eigenvalue weighted by molar-refractivity contribution is 8.13. The quantitative estimate of drug-likeness (QED) is 0.395. The summed E-state index contributed by atoms with van der Waals surface area (Å²) >= 11 is 1.32. The van der Waals surface area contributed by atoms with Crippen LogP contribution in [-0.2, 0) is 4.74 Å². The molecule has 54 valence electrons. The molecule has 0 saturated heterocycles. The van der Waals surface area contributed by atoms with Crippen LogP contribution in [0, 0.1) is 0 Å². The first kappa shape index (κ1) is 8.78. The van der Waals surface area contributed by atoms with Gasteiger partial charge in [0.05, 0.1) is 13.2 Å². The first-order valence-corrected chi connectivity index (χ1v) is 3.78. The van der Waals surface area contributed by atoms with Crippen LogP contribution >= 0.6 is 11.8 Å². The molecule has 0 aromatic heterocycles. The van der Waals surface area contributed by atoms with Gasteiger partial charge in [-0.05, 0) is 18.7 Å². The lowest BCUT2D eigenvalue weighted by molar-refractivity contribution is -0.132. The summed E-state index contributed by atoms with van der Waals surface area (Å²) in [5.41, 5.74) is 0. The van der Waals surface area contributed by atoms with Gasteiger partial charge in [-0.3, -0.25) is 0 Å². The second-order valence-corrected chi connectivity index (χ2v) is 2.42. The van der Waals surface area contributed by atoms with Crippen molar-refractivity contribution in [3.05, 3.63) is 0 Å². The summed E-state index contributed by atoms with van der Waals surface area (Å²) in [6.07, 6.45) is 0. The Hall–Kier alpha value is -0.220. The van der Waals surface area contributed by atoms with E-state index in [1.54, 1.807) is 0 Å². The fraction of sp³-hybridized carbons (Fsp3) is 0.800. The third kappa shape index (κ3) is 5.65. The Bertz CT molecular complexity index is 87.0. The lowest BCUT2D eigenvalue weighted by Crippen LogP contribution is -2.39. The molecule has 0 fully saturated rings. The van der Waals surface area contributed by atoms with E-state index in [1.165, 1.54) is 11.8 Å². The third-order valence-electron chi connectivity index (χ3n) is 0.622. The fourth-order valence-corrected chi connectivity index (χ4v) is 0.824. The number of ether oxygens (including phenoxy) is 1. The number of aliphatic hydroxyl groups excluding tert-OH is 1. The van der Waals surface area contributed by atoms with Crippen LogP contribution < -0.4 is 5.41 Å². The number of rotatable bonds is 3. The second kappa shape index (κ2) is 5.91. The Labute approximate surface area is 58.9 Å². The second-order valence-electron chi connectivity index (χ2n) is 1.32. The van der Waals surface area contributed by atoms with Gasteiger partial charge in [-0.2, -0.15) is 0 Å². The van der Waals surface area contributed by atoms with Gasteiger partial charge in [-0.15, -0.1) is 0 Å². The molecule has 0 aliphatic rings. The van der Waals surface area contributed by atoms with Crippen molar-refractivity contribution in [2.45, 2.75) is 6.92 Å². The zero-order valence-electron chi connectivity index (χ0n) is 5.46. The summed E-state index contributed by atoms with van der Waals surface area (Å²) in [6, 6.07) is 0. The standard InChI is InChI=1S/C5H11NO2S/c1-2-8-5(6)9-4-3-7/h6-7H,2-4H2,1H3/p+1. The lowest BCUT2D eigenvalue weighted by Gasteiger charge is -1.95. The van der Waals surface area contributed by atoms with Crippen molar-refractivity contribution >= 4 is 17.0 Å². The van der Waals surface area contributed by atoms with Gasteiger partial charge in [0.15, 0.2) is 0 Å². The average Bonchev–Trinajstić information content (AvgIpc) is 1.85. The van der Waals surface area contributed by atoms with Crippen molar-refractivity contribution in [3.8, 4) is 0 Å². The highest BCUT2D eigenvalue weighted by atomic mass is 32.2. The molecule has 0 aliphatic carbocycles. The van der Waals surface area contributed by atoms with E-state index in [0.717, 1.165) is 0 Å². The van der Waals surface area contributed by atoms with Gasteiger partial charge in [-0.25, -0.2) is 5.41 Å². The van der Waals surface area contributed by atoms with Crippen LogP contribution in [-0.4, -0.2) is 29.3 Å². The maximum Gasteiger partial charge on any atom is 0.397 e. The van der Waals surface area contributed by atoms with Crippen molar-refractivity contribution < 1.29 is 15.3 Å². The van der Waals surface area contributed by atoms with Gasteiger partial charge in [0.2, 0.25) is 0 Å². The summed E-state index contributed by atoms with van der Waals surface area (Å²) in [5, 5.41) is 14.1. The predicted octanol–water partition coefficient (Wildman–Crippen LogP) is -1.14. The number of nitrogens with two attached hydrogens (primary N) is 1. The Kier molecular flexibility index (Phi) is 5.76. The van der Waals surface area contributed by atoms with Crippen LogP contribution in [0.3, 0.4) is 0 Å².